The highest BCUT2D eigenvalue weighted by Gasteiger charge is 2.20. The van der Waals surface area contributed by atoms with Gasteiger partial charge in [0.05, 0.1) is 0 Å². The van der Waals surface area contributed by atoms with Gasteiger partial charge < -0.3 is 5.32 Å². The number of rotatable bonds is 5. The number of hydrogen-bond acceptors (Lipinski definition) is 1. The van der Waals surface area contributed by atoms with Gasteiger partial charge in [0.25, 0.3) is 0 Å². The molecule has 90 valence electrons. The predicted molar refractivity (Wildman–Crippen MR) is 74.8 cm³/mol. The molecule has 1 unspecified atom stereocenters. The molecule has 0 fully saturated rings. The van der Waals surface area contributed by atoms with Crippen LogP contribution in [-0.4, -0.2) is 7.05 Å². The van der Waals surface area contributed by atoms with E-state index in [1.807, 2.05) is 0 Å². The number of halogens is 1. The van der Waals surface area contributed by atoms with Crippen LogP contribution in [-0.2, 0) is 0 Å². The highest BCUT2D eigenvalue weighted by Crippen LogP contribution is 2.32. The maximum Gasteiger partial charge on any atom is 0.0357 e. The van der Waals surface area contributed by atoms with Gasteiger partial charge in [0.15, 0.2) is 0 Å². The van der Waals surface area contributed by atoms with Gasteiger partial charge in [-0.1, -0.05) is 54.8 Å². The van der Waals surface area contributed by atoms with Crippen LogP contribution in [0.3, 0.4) is 0 Å². The van der Waals surface area contributed by atoms with Gasteiger partial charge in [-0.05, 0) is 37.1 Å². The van der Waals surface area contributed by atoms with Crippen LogP contribution in [0, 0.1) is 12.8 Å². The van der Waals surface area contributed by atoms with Crippen molar-refractivity contribution in [1.29, 1.82) is 0 Å². The Labute approximate surface area is 108 Å². The molecule has 0 amide bonds. The molecular weight excluding hydrogens is 262 g/mol. The second kappa shape index (κ2) is 6.41. The van der Waals surface area contributed by atoms with Crippen LogP contribution in [0.1, 0.15) is 43.9 Å². The number of hydrogen-bond donors (Lipinski definition) is 1. The molecular formula is C14H22BrN. The van der Waals surface area contributed by atoms with Crippen molar-refractivity contribution in [1.82, 2.24) is 5.32 Å². The lowest BCUT2D eigenvalue weighted by Crippen LogP contribution is -2.25. The minimum atomic E-state index is 0.449. The molecule has 1 atom stereocenters. The summed E-state index contributed by atoms with van der Waals surface area (Å²) in [4.78, 5) is 0. The molecule has 2 heteroatoms. The molecule has 0 aliphatic heterocycles. The maximum atomic E-state index is 3.68. The quantitative estimate of drug-likeness (QED) is 0.842. The fourth-order valence-corrected chi connectivity index (χ4v) is 3.03. The first kappa shape index (κ1) is 13.7. The summed E-state index contributed by atoms with van der Waals surface area (Å²) in [7, 11) is 2.05. The van der Waals surface area contributed by atoms with Gasteiger partial charge >= 0.3 is 0 Å². The third-order valence-corrected chi connectivity index (χ3v) is 4.01. The summed E-state index contributed by atoms with van der Waals surface area (Å²) in [6.07, 6.45) is 2.42. The van der Waals surface area contributed by atoms with Gasteiger partial charge in [-0.3, -0.25) is 0 Å². The van der Waals surface area contributed by atoms with Crippen LogP contribution >= 0.6 is 15.9 Å². The van der Waals surface area contributed by atoms with Gasteiger partial charge in [-0.15, -0.1) is 0 Å². The third kappa shape index (κ3) is 3.08. The van der Waals surface area contributed by atoms with E-state index in [1.165, 1.54) is 28.4 Å². The summed E-state index contributed by atoms with van der Waals surface area (Å²) in [5.74, 6) is 0.698. The number of benzene rings is 1. The molecule has 0 radical (unpaired) electrons. The minimum absolute atomic E-state index is 0.449. The minimum Gasteiger partial charge on any atom is -0.313 e. The monoisotopic (exact) mass is 283 g/mol. The molecule has 0 saturated heterocycles. The molecule has 0 aromatic heterocycles. The van der Waals surface area contributed by atoms with Crippen LogP contribution in [0.2, 0.25) is 0 Å². The Morgan fingerprint density at radius 2 is 1.88 bits per heavy atom. The molecule has 1 aromatic rings. The van der Waals surface area contributed by atoms with Crippen LogP contribution in [0.4, 0.5) is 0 Å². The molecule has 1 N–H and O–H groups in total. The zero-order valence-electron chi connectivity index (χ0n) is 10.7. The van der Waals surface area contributed by atoms with E-state index in [2.05, 4.69) is 67.3 Å². The van der Waals surface area contributed by atoms with Gasteiger partial charge in [-0.25, -0.2) is 0 Å². The largest absolute Gasteiger partial charge is 0.313 e. The molecule has 16 heavy (non-hydrogen) atoms. The van der Waals surface area contributed by atoms with Crippen LogP contribution in [0.15, 0.2) is 22.7 Å². The first-order chi connectivity index (χ1) is 7.63. The Hall–Kier alpha value is -0.340. The van der Waals surface area contributed by atoms with E-state index in [-0.39, 0.29) is 0 Å². The van der Waals surface area contributed by atoms with Crippen LogP contribution in [0.5, 0.6) is 0 Å². The Morgan fingerprint density at radius 1 is 1.25 bits per heavy atom. The fraction of sp³-hybridized carbons (Fsp3) is 0.571. The zero-order valence-corrected chi connectivity index (χ0v) is 12.3. The highest BCUT2D eigenvalue weighted by molar-refractivity contribution is 9.10. The zero-order chi connectivity index (χ0) is 12.1. The standard InChI is InChI=1S/C14H22BrN/c1-5-11(6-2)14(16-4)12-8-7-10(3)9-13(12)15/h7-9,11,14,16H,5-6H2,1-4H3. The number of nitrogens with one attached hydrogen (secondary N) is 1. The van der Waals surface area contributed by atoms with Gasteiger partial charge in [0, 0.05) is 10.5 Å². The number of aryl methyl sites for hydroxylation is 1. The summed E-state index contributed by atoms with van der Waals surface area (Å²) in [6, 6.07) is 7.07. The van der Waals surface area contributed by atoms with Crippen LogP contribution < -0.4 is 5.32 Å². The summed E-state index contributed by atoms with van der Waals surface area (Å²) >= 11 is 3.68. The van der Waals surface area contributed by atoms with E-state index >= 15 is 0 Å². The lowest BCUT2D eigenvalue weighted by atomic mass is 9.88. The van der Waals surface area contributed by atoms with E-state index in [1.54, 1.807) is 0 Å². The van der Waals surface area contributed by atoms with Crippen molar-refractivity contribution in [2.24, 2.45) is 5.92 Å². The summed E-state index contributed by atoms with van der Waals surface area (Å²) < 4.78 is 1.22. The van der Waals surface area contributed by atoms with Crippen LogP contribution in [0.25, 0.3) is 0 Å². The summed E-state index contributed by atoms with van der Waals surface area (Å²) in [5, 5.41) is 3.45. The average Bonchev–Trinajstić information content (AvgIpc) is 2.27. The lowest BCUT2D eigenvalue weighted by molar-refractivity contribution is 0.358. The van der Waals surface area contributed by atoms with Crippen molar-refractivity contribution in [3.63, 3.8) is 0 Å². The summed E-state index contributed by atoms with van der Waals surface area (Å²) in [6.45, 7) is 6.65. The normalized spacial score (nSPS) is 13.1. The van der Waals surface area contributed by atoms with E-state index in [9.17, 15) is 0 Å². The van der Waals surface area contributed by atoms with Crippen molar-refractivity contribution in [3.8, 4) is 0 Å². The molecule has 1 nitrogen and oxygen atoms in total. The SMILES string of the molecule is CCC(CC)C(NC)c1ccc(C)cc1Br. The Bertz CT molecular complexity index is 332. The van der Waals surface area contributed by atoms with E-state index in [0.29, 0.717) is 12.0 Å². The first-order valence-corrected chi connectivity index (χ1v) is 6.86. The molecule has 0 aliphatic rings. The molecule has 0 aliphatic carbocycles. The average molecular weight is 284 g/mol. The van der Waals surface area contributed by atoms with E-state index < -0.39 is 0 Å². The Balaban J connectivity index is 3.03. The molecule has 0 saturated carbocycles. The van der Waals surface area contributed by atoms with Crippen molar-refractivity contribution < 1.29 is 0 Å². The van der Waals surface area contributed by atoms with Crippen molar-refractivity contribution in [3.05, 3.63) is 33.8 Å². The van der Waals surface area contributed by atoms with Crippen molar-refractivity contribution >= 4 is 15.9 Å². The van der Waals surface area contributed by atoms with E-state index in [0.717, 1.165) is 0 Å². The first-order valence-electron chi connectivity index (χ1n) is 6.07. The second-order valence-electron chi connectivity index (χ2n) is 4.37. The Morgan fingerprint density at radius 3 is 2.31 bits per heavy atom. The highest BCUT2D eigenvalue weighted by atomic mass is 79.9. The smallest absolute Gasteiger partial charge is 0.0357 e. The molecule has 1 rings (SSSR count). The van der Waals surface area contributed by atoms with Gasteiger partial charge in [0.2, 0.25) is 0 Å². The predicted octanol–water partition coefficient (Wildman–Crippen LogP) is 4.45. The van der Waals surface area contributed by atoms with E-state index in [4.69, 9.17) is 0 Å². The van der Waals surface area contributed by atoms with Crippen molar-refractivity contribution in [2.45, 2.75) is 39.7 Å². The molecule has 0 bridgehead atoms. The second-order valence-corrected chi connectivity index (χ2v) is 5.22. The van der Waals surface area contributed by atoms with Gasteiger partial charge in [0.1, 0.15) is 0 Å². The Kier molecular flexibility index (Phi) is 5.50. The summed E-state index contributed by atoms with van der Waals surface area (Å²) in [5.41, 5.74) is 2.68. The van der Waals surface area contributed by atoms with Crippen molar-refractivity contribution in [2.75, 3.05) is 7.05 Å². The lowest BCUT2D eigenvalue weighted by Gasteiger charge is -2.26. The molecule has 1 aromatic carbocycles. The topological polar surface area (TPSA) is 12.0 Å². The maximum absolute atomic E-state index is 3.68. The third-order valence-electron chi connectivity index (χ3n) is 3.32. The van der Waals surface area contributed by atoms with Gasteiger partial charge in [-0.2, -0.15) is 0 Å². The molecule has 0 spiro atoms. The fourth-order valence-electron chi connectivity index (χ4n) is 2.29. The molecule has 0 heterocycles.